The highest BCUT2D eigenvalue weighted by Crippen LogP contribution is 2.25. The summed E-state index contributed by atoms with van der Waals surface area (Å²) in [6.45, 7) is 0.910. The summed E-state index contributed by atoms with van der Waals surface area (Å²) in [6.07, 6.45) is 7.44. The molecule has 1 aliphatic rings. The van der Waals surface area contributed by atoms with Gasteiger partial charge in [0.25, 0.3) is 0 Å². The van der Waals surface area contributed by atoms with E-state index in [2.05, 4.69) is 20.5 Å². The Bertz CT molecular complexity index is 487. The van der Waals surface area contributed by atoms with Gasteiger partial charge in [-0.1, -0.05) is 0 Å². The van der Waals surface area contributed by atoms with E-state index in [0.29, 0.717) is 12.0 Å². The first-order valence-electron chi connectivity index (χ1n) is 5.47. The third-order valence-corrected chi connectivity index (χ3v) is 3.05. The van der Waals surface area contributed by atoms with E-state index in [1.165, 1.54) is 0 Å². The highest BCUT2D eigenvalue weighted by atomic mass is 15.2. The molecule has 3 rings (SSSR count). The fourth-order valence-corrected chi connectivity index (χ4v) is 2.08. The lowest BCUT2D eigenvalue weighted by molar-refractivity contribution is 0.280. The van der Waals surface area contributed by atoms with E-state index >= 15 is 0 Å². The van der Waals surface area contributed by atoms with Gasteiger partial charge in [-0.05, 0) is 18.8 Å². The smallest absolute Gasteiger partial charge is 0.203 e. The number of fused-ring (bicyclic) bond motifs is 1. The molecule has 16 heavy (non-hydrogen) atoms. The van der Waals surface area contributed by atoms with Gasteiger partial charge in [0.2, 0.25) is 5.65 Å². The Morgan fingerprint density at radius 3 is 3.19 bits per heavy atom. The maximum atomic E-state index is 5.74. The van der Waals surface area contributed by atoms with Crippen LogP contribution in [-0.4, -0.2) is 32.2 Å². The van der Waals surface area contributed by atoms with Gasteiger partial charge in [0.1, 0.15) is 6.33 Å². The van der Waals surface area contributed by atoms with Crippen molar-refractivity contribution in [2.45, 2.75) is 18.9 Å². The molecule has 0 aliphatic heterocycles. The van der Waals surface area contributed by atoms with Crippen LogP contribution >= 0.6 is 0 Å². The van der Waals surface area contributed by atoms with Crippen molar-refractivity contribution in [1.29, 1.82) is 0 Å². The highest BCUT2D eigenvalue weighted by Gasteiger charge is 2.25. The molecular formula is C10H14N6. The summed E-state index contributed by atoms with van der Waals surface area (Å²) in [7, 11) is 0. The zero-order valence-electron chi connectivity index (χ0n) is 8.87. The summed E-state index contributed by atoms with van der Waals surface area (Å²) in [5, 5.41) is 11.2. The van der Waals surface area contributed by atoms with Gasteiger partial charge in [-0.15, -0.1) is 10.2 Å². The minimum atomic E-state index is 0.392. The fraction of sp³-hybridized carbons (Fsp3) is 0.500. The summed E-state index contributed by atoms with van der Waals surface area (Å²) in [6, 6.07) is 0.392. The van der Waals surface area contributed by atoms with Crippen LogP contribution in [0.2, 0.25) is 0 Å². The molecule has 2 heterocycles. The lowest BCUT2D eigenvalue weighted by Gasteiger charge is -2.32. The van der Waals surface area contributed by atoms with E-state index in [-0.39, 0.29) is 0 Å². The van der Waals surface area contributed by atoms with E-state index in [0.717, 1.165) is 30.9 Å². The van der Waals surface area contributed by atoms with Crippen molar-refractivity contribution in [3.05, 3.63) is 18.7 Å². The summed E-state index contributed by atoms with van der Waals surface area (Å²) >= 11 is 0. The van der Waals surface area contributed by atoms with Crippen LogP contribution in [0.4, 0.5) is 5.82 Å². The highest BCUT2D eigenvalue weighted by molar-refractivity contribution is 5.61. The van der Waals surface area contributed by atoms with Crippen molar-refractivity contribution in [2.24, 2.45) is 11.7 Å². The predicted molar refractivity (Wildman–Crippen MR) is 60.0 cm³/mol. The van der Waals surface area contributed by atoms with E-state index in [1.807, 2.05) is 10.6 Å². The second-order valence-corrected chi connectivity index (χ2v) is 4.32. The summed E-state index contributed by atoms with van der Waals surface area (Å²) in [5.74, 6) is 1.46. The van der Waals surface area contributed by atoms with Crippen molar-refractivity contribution in [3.63, 3.8) is 0 Å². The second kappa shape index (κ2) is 3.71. The molecule has 3 N–H and O–H groups in total. The molecule has 1 saturated carbocycles. The van der Waals surface area contributed by atoms with Crippen LogP contribution < -0.4 is 11.1 Å². The quantitative estimate of drug-likeness (QED) is 0.773. The van der Waals surface area contributed by atoms with Gasteiger partial charge in [0, 0.05) is 25.0 Å². The van der Waals surface area contributed by atoms with Crippen LogP contribution in [0.5, 0.6) is 0 Å². The third-order valence-electron chi connectivity index (χ3n) is 3.05. The molecule has 84 valence electrons. The number of nitrogens with one attached hydrogen (secondary N) is 1. The topological polar surface area (TPSA) is 81.1 Å². The number of nitrogens with zero attached hydrogens (tertiary/aromatic N) is 4. The first-order valence-corrected chi connectivity index (χ1v) is 5.47. The molecule has 0 unspecified atom stereocenters. The van der Waals surface area contributed by atoms with Crippen LogP contribution in [0.25, 0.3) is 5.65 Å². The number of nitrogens with two attached hydrogens (primary N) is 1. The van der Waals surface area contributed by atoms with Gasteiger partial charge >= 0.3 is 0 Å². The predicted octanol–water partition coefficient (Wildman–Crippen LogP) is 0.273. The van der Waals surface area contributed by atoms with Gasteiger partial charge in [-0.25, -0.2) is 4.98 Å². The molecule has 0 aromatic carbocycles. The Morgan fingerprint density at radius 2 is 2.38 bits per heavy atom. The van der Waals surface area contributed by atoms with E-state index in [9.17, 15) is 0 Å². The molecule has 0 amide bonds. The van der Waals surface area contributed by atoms with E-state index in [1.54, 1.807) is 12.5 Å². The molecule has 6 heteroatoms. The van der Waals surface area contributed by atoms with Crippen molar-refractivity contribution >= 4 is 11.5 Å². The summed E-state index contributed by atoms with van der Waals surface area (Å²) in [5.41, 5.74) is 6.51. The maximum Gasteiger partial charge on any atom is 0.203 e. The molecular weight excluding hydrogens is 204 g/mol. The lowest BCUT2D eigenvalue weighted by atomic mass is 9.81. The molecule has 0 saturated heterocycles. The normalized spacial score (nSPS) is 24.3. The molecule has 6 nitrogen and oxygen atoms in total. The van der Waals surface area contributed by atoms with Gasteiger partial charge < -0.3 is 11.1 Å². The number of rotatable bonds is 3. The van der Waals surface area contributed by atoms with Crippen LogP contribution in [0.1, 0.15) is 12.8 Å². The monoisotopic (exact) mass is 218 g/mol. The van der Waals surface area contributed by atoms with E-state index < -0.39 is 0 Å². The molecule has 2 aromatic rings. The average Bonchev–Trinajstić information content (AvgIpc) is 2.71. The van der Waals surface area contributed by atoms with Gasteiger partial charge in [0.15, 0.2) is 5.82 Å². The Morgan fingerprint density at radius 1 is 1.50 bits per heavy atom. The lowest BCUT2D eigenvalue weighted by Crippen LogP contribution is -2.39. The second-order valence-electron chi connectivity index (χ2n) is 4.32. The fourth-order valence-electron chi connectivity index (χ4n) is 2.08. The Balaban J connectivity index is 1.71. The maximum absolute atomic E-state index is 5.74. The van der Waals surface area contributed by atoms with Crippen molar-refractivity contribution in [2.75, 3.05) is 11.9 Å². The molecule has 0 atom stereocenters. The van der Waals surface area contributed by atoms with E-state index in [4.69, 9.17) is 5.73 Å². The molecule has 1 fully saturated rings. The first-order chi connectivity index (χ1) is 7.83. The van der Waals surface area contributed by atoms with Crippen LogP contribution in [0.15, 0.2) is 18.7 Å². The minimum Gasteiger partial charge on any atom is -0.367 e. The molecule has 0 spiro atoms. The summed E-state index contributed by atoms with van der Waals surface area (Å²) < 4.78 is 1.85. The Hall–Kier alpha value is -1.69. The van der Waals surface area contributed by atoms with Crippen LogP contribution in [0.3, 0.4) is 0 Å². The van der Waals surface area contributed by atoms with Crippen LogP contribution in [0, 0.1) is 5.92 Å². The molecule has 2 aromatic heterocycles. The molecule has 0 bridgehead atoms. The van der Waals surface area contributed by atoms with Gasteiger partial charge in [0.05, 0.1) is 0 Å². The zero-order chi connectivity index (χ0) is 11.0. The molecule has 0 radical (unpaired) electrons. The average molecular weight is 218 g/mol. The third kappa shape index (κ3) is 1.61. The van der Waals surface area contributed by atoms with Crippen molar-refractivity contribution in [1.82, 2.24) is 19.6 Å². The Labute approximate surface area is 92.9 Å². The Kier molecular flexibility index (Phi) is 2.21. The van der Waals surface area contributed by atoms with Gasteiger partial charge in [-0.2, -0.15) is 0 Å². The SMILES string of the molecule is NC1CC(CNc2nccn3cnnc23)C1. The minimum absolute atomic E-state index is 0.392. The standard InChI is InChI=1S/C10H14N6/c11-8-3-7(4-8)5-13-9-10-15-14-6-16(10)2-1-12-9/h1-2,6-8H,3-5,11H2,(H,12,13). The number of hydrogen-bond donors (Lipinski definition) is 2. The first kappa shape index (κ1) is 9.53. The number of hydrogen-bond acceptors (Lipinski definition) is 5. The number of anilines is 1. The van der Waals surface area contributed by atoms with Crippen molar-refractivity contribution < 1.29 is 0 Å². The molecule has 1 aliphatic carbocycles. The largest absolute Gasteiger partial charge is 0.367 e. The summed E-state index contributed by atoms with van der Waals surface area (Å²) in [4.78, 5) is 4.26. The van der Waals surface area contributed by atoms with Crippen LogP contribution in [-0.2, 0) is 0 Å². The zero-order valence-corrected chi connectivity index (χ0v) is 8.87. The number of aromatic nitrogens is 4. The van der Waals surface area contributed by atoms with Crippen molar-refractivity contribution in [3.8, 4) is 0 Å². The van der Waals surface area contributed by atoms with Gasteiger partial charge in [-0.3, -0.25) is 4.40 Å².